The number of para-hydroxylation sites is 1. The predicted octanol–water partition coefficient (Wildman–Crippen LogP) is 6.84. The minimum Gasteiger partial charge on any atom is -0.497 e. The van der Waals surface area contributed by atoms with Crippen LogP contribution in [-0.2, 0) is 6.54 Å². The van der Waals surface area contributed by atoms with E-state index in [0.717, 1.165) is 44.5 Å². The van der Waals surface area contributed by atoms with Gasteiger partial charge in [0.1, 0.15) is 10.6 Å². The maximum Gasteiger partial charge on any atom is 0.265 e. The van der Waals surface area contributed by atoms with Crippen LogP contribution in [0.5, 0.6) is 5.75 Å². The van der Waals surface area contributed by atoms with Gasteiger partial charge in [-0.25, -0.2) is 4.98 Å². The monoisotopic (exact) mass is 451 g/mol. The van der Waals surface area contributed by atoms with Gasteiger partial charge in [-0.15, -0.1) is 11.3 Å². The van der Waals surface area contributed by atoms with Crippen molar-refractivity contribution in [1.29, 1.82) is 0 Å². The maximum atomic E-state index is 13.1. The van der Waals surface area contributed by atoms with E-state index in [1.807, 2.05) is 30.3 Å². The van der Waals surface area contributed by atoms with Gasteiger partial charge in [0.15, 0.2) is 0 Å². The van der Waals surface area contributed by atoms with E-state index < -0.39 is 0 Å². The Kier molecular flexibility index (Phi) is 4.55. The Morgan fingerprint density at radius 2 is 1.82 bits per heavy atom. The Morgan fingerprint density at radius 3 is 2.67 bits per heavy atom. The quantitative estimate of drug-likeness (QED) is 0.319. The molecule has 162 valence electrons. The first-order valence-electron chi connectivity index (χ1n) is 10.9. The van der Waals surface area contributed by atoms with Gasteiger partial charge in [0.05, 0.1) is 17.5 Å². The second-order valence-corrected chi connectivity index (χ2v) is 9.03. The van der Waals surface area contributed by atoms with Gasteiger partial charge in [0.25, 0.3) is 5.91 Å². The van der Waals surface area contributed by atoms with Gasteiger partial charge in [-0.05, 0) is 55.5 Å². The summed E-state index contributed by atoms with van der Waals surface area (Å²) >= 11 is 1.40. The van der Waals surface area contributed by atoms with Crippen molar-refractivity contribution < 1.29 is 9.53 Å². The summed E-state index contributed by atoms with van der Waals surface area (Å²) in [6, 6.07) is 24.3. The van der Waals surface area contributed by atoms with Gasteiger partial charge in [0.2, 0.25) is 0 Å². The fourth-order valence-electron chi connectivity index (χ4n) is 4.51. The Morgan fingerprint density at radius 1 is 0.970 bits per heavy atom. The van der Waals surface area contributed by atoms with E-state index >= 15 is 0 Å². The third kappa shape index (κ3) is 3.22. The molecule has 0 unspecified atom stereocenters. The predicted molar refractivity (Wildman–Crippen MR) is 137 cm³/mol. The summed E-state index contributed by atoms with van der Waals surface area (Å²) < 4.78 is 7.61. The molecule has 0 spiro atoms. The van der Waals surface area contributed by atoms with Crippen molar-refractivity contribution in [3.8, 4) is 5.75 Å². The molecule has 5 nitrogen and oxygen atoms in total. The zero-order valence-corrected chi connectivity index (χ0v) is 19.1. The van der Waals surface area contributed by atoms with Gasteiger partial charge < -0.3 is 14.6 Å². The molecule has 6 rings (SSSR count). The number of hydrogen-bond acceptors (Lipinski definition) is 4. The minimum atomic E-state index is -0.127. The number of methoxy groups -OCH3 is 1. The zero-order valence-electron chi connectivity index (χ0n) is 18.3. The molecule has 6 aromatic rings. The highest BCUT2D eigenvalue weighted by Crippen LogP contribution is 2.32. The fourth-order valence-corrected chi connectivity index (χ4v) is 5.43. The normalized spacial score (nSPS) is 11.6. The number of thiophene rings is 1. The summed E-state index contributed by atoms with van der Waals surface area (Å²) in [4.78, 5) is 19.3. The van der Waals surface area contributed by atoms with E-state index in [9.17, 15) is 4.79 Å². The molecule has 33 heavy (non-hydrogen) atoms. The average molecular weight is 452 g/mol. The van der Waals surface area contributed by atoms with Gasteiger partial charge >= 0.3 is 0 Å². The lowest BCUT2D eigenvalue weighted by atomic mass is 10.1. The third-order valence-corrected chi connectivity index (χ3v) is 7.12. The van der Waals surface area contributed by atoms with E-state index in [1.54, 1.807) is 7.11 Å². The average Bonchev–Trinajstić information content (AvgIpc) is 3.40. The lowest BCUT2D eigenvalue weighted by Gasteiger charge is -2.05. The standard InChI is InChI=1S/C27H21N3O2S/c1-3-30-23-7-5-4-6-20(23)21-14-18(9-11-24(21)30)28-26(31)25-13-17-12-16-8-10-19(32-2)15-22(16)29-27(17)33-25/h4-15H,3H2,1-2H3,(H,28,31). The van der Waals surface area contributed by atoms with Crippen LogP contribution in [0.4, 0.5) is 5.69 Å². The van der Waals surface area contributed by atoms with E-state index in [2.05, 4.69) is 59.3 Å². The molecule has 0 saturated carbocycles. The number of pyridine rings is 1. The highest BCUT2D eigenvalue weighted by atomic mass is 32.1. The van der Waals surface area contributed by atoms with Crippen molar-refractivity contribution in [2.45, 2.75) is 13.5 Å². The smallest absolute Gasteiger partial charge is 0.265 e. The molecule has 0 aliphatic carbocycles. The van der Waals surface area contributed by atoms with Gasteiger partial charge in [0, 0.05) is 50.9 Å². The number of amides is 1. The first kappa shape index (κ1) is 19.8. The van der Waals surface area contributed by atoms with Crippen LogP contribution in [0.3, 0.4) is 0 Å². The molecule has 1 amide bonds. The minimum absolute atomic E-state index is 0.127. The summed E-state index contributed by atoms with van der Waals surface area (Å²) in [5.74, 6) is 0.641. The van der Waals surface area contributed by atoms with Crippen molar-refractivity contribution in [3.05, 3.63) is 77.7 Å². The number of anilines is 1. The molecule has 0 fully saturated rings. The molecule has 0 saturated heterocycles. The second-order valence-electron chi connectivity index (χ2n) is 8.00. The number of hydrogen-bond donors (Lipinski definition) is 1. The van der Waals surface area contributed by atoms with E-state index in [-0.39, 0.29) is 5.91 Å². The number of ether oxygens (including phenoxy) is 1. The van der Waals surface area contributed by atoms with Crippen LogP contribution in [0.25, 0.3) is 42.9 Å². The van der Waals surface area contributed by atoms with Crippen LogP contribution in [-0.4, -0.2) is 22.6 Å². The Labute approximate surface area is 194 Å². The van der Waals surface area contributed by atoms with Gasteiger partial charge in [-0.3, -0.25) is 4.79 Å². The highest BCUT2D eigenvalue weighted by molar-refractivity contribution is 7.20. The number of benzene rings is 3. The summed E-state index contributed by atoms with van der Waals surface area (Å²) in [6.45, 7) is 3.04. The van der Waals surface area contributed by atoms with Crippen molar-refractivity contribution in [2.75, 3.05) is 12.4 Å². The number of rotatable bonds is 4. The third-order valence-electron chi connectivity index (χ3n) is 6.08. The second kappa shape index (κ2) is 7.60. The van der Waals surface area contributed by atoms with Crippen molar-refractivity contribution >= 4 is 65.9 Å². The fraction of sp³-hybridized carbons (Fsp3) is 0.111. The Balaban J connectivity index is 1.36. The molecule has 0 atom stereocenters. The number of nitrogens with one attached hydrogen (secondary N) is 1. The molecule has 3 heterocycles. The van der Waals surface area contributed by atoms with E-state index in [1.165, 1.54) is 27.8 Å². The summed E-state index contributed by atoms with van der Waals surface area (Å²) in [6.07, 6.45) is 0. The number of carbonyl (C=O) groups excluding carboxylic acids is 1. The number of aryl methyl sites for hydroxylation is 1. The summed E-state index contributed by atoms with van der Waals surface area (Å²) in [7, 11) is 1.64. The van der Waals surface area contributed by atoms with E-state index in [0.29, 0.717) is 4.88 Å². The highest BCUT2D eigenvalue weighted by Gasteiger charge is 2.14. The molecule has 0 aliphatic rings. The Bertz CT molecular complexity index is 1700. The maximum absolute atomic E-state index is 13.1. The van der Waals surface area contributed by atoms with E-state index in [4.69, 9.17) is 9.72 Å². The molecule has 3 aromatic heterocycles. The largest absolute Gasteiger partial charge is 0.497 e. The van der Waals surface area contributed by atoms with Crippen LogP contribution in [0.1, 0.15) is 16.6 Å². The molecule has 3 aromatic carbocycles. The first-order chi connectivity index (χ1) is 16.1. The van der Waals surface area contributed by atoms with Crippen molar-refractivity contribution in [1.82, 2.24) is 9.55 Å². The lowest BCUT2D eigenvalue weighted by molar-refractivity contribution is 0.103. The molecule has 6 heteroatoms. The summed E-state index contributed by atoms with van der Waals surface area (Å²) in [5.41, 5.74) is 4.02. The van der Waals surface area contributed by atoms with Crippen molar-refractivity contribution in [2.24, 2.45) is 0 Å². The zero-order chi connectivity index (χ0) is 22.5. The van der Waals surface area contributed by atoms with Crippen LogP contribution in [0.15, 0.2) is 72.8 Å². The first-order valence-corrected chi connectivity index (χ1v) is 11.7. The lowest BCUT2D eigenvalue weighted by Crippen LogP contribution is -2.09. The molecule has 0 radical (unpaired) electrons. The Hall–Kier alpha value is -3.90. The van der Waals surface area contributed by atoms with Crippen LogP contribution < -0.4 is 10.1 Å². The number of nitrogens with zero attached hydrogens (tertiary/aromatic N) is 2. The number of fused-ring (bicyclic) bond motifs is 5. The van der Waals surface area contributed by atoms with Gasteiger partial charge in [-0.2, -0.15) is 0 Å². The molecular formula is C27H21N3O2S. The topological polar surface area (TPSA) is 56.2 Å². The van der Waals surface area contributed by atoms with Gasteiger partial charge in [-0.1, -0.05) is 18.2 Å². The van der Waals surface area contributed by atoms with Crippen LogP contribution in [0, 0.1) is 0 Å². The van der Waals surface area contributed by atoms with Crippen LogP contribution >= 0.6 is 11.3 Å². The molecular weight excluding hydrogens is 430 g/mol. The van der Waals surface area contributed by atoms with Crippen LogP contribution in [0.2, 0.25) is 0 Å². The van der Waals surface area contributed by atoms with Crippen molar-refractivity contribution in [3.63, 3.8) is 0 Å². The number of aromatic nitrogens is 2. The summed E-state index contributed by atoms with van der Waals surface area (Å²) in [5, 5.41) is 7.39. The molecule has 0 bridgehead atoms. The molecule has 1 N–H and O–H groups in total. The number of carbonyl (C=O) groups is 1. The SMILES string of the molecule is CCn1c2ccccc2c2cc(NC(=O)c3cc4cc5ccc(OC)cc5nc4s3)ccc21. The molecule has 0 aliphatic heterocycles.